The Kier molecular flexibility index (Phi) is 6.52. The first-order valence-electron chi connectivity index (χ1n) is 5.71. The van der Waals surface area contributed by atoms with Crippen LogP contribution in [0.4, 0.5) is 15.3 Å². The minimum absolute atomic E-state index is 0.249. The minimum atomic E-state index is -0.761. The number of rotatable bonds is 5. The second-order valence-corrected chi connectivity index (χ2v) is 3.76. The van der Waals surface area contributed by atoms with E-state index in [1.807, 2.05) is 0 Å². The number of carbonyl (C=O) groups excluding carboxylic acids is 2. The molecule has 104 valence electrons. The largest absolute Gasteiger partial charge is 0.513 e. The molecule has 7 heteroatoms. The smallest absolute Gasteiger partial charge is 0.434 e. The van der Waals surface area contributed by atoms with E-state index in [-0.39, 0.29) is 12.6 Å². The molecule has 0 atom stereocenters. The number of anilines is 1. The predicted molar refractivity (Wildman–Crippen MR) is 71.8 cm³/mol. The molecule has 1 rings (SSSR count). The standard InChI is InChI=1S/C12H15ClN2O4/c1-2-18-12(17)19-10-5-3-9(4-6-10)15-11(16)14-8-7-13/h3-6H,2,7-8H2,1H3,(H2,14,15,16). The lowest BCUT2D eigenvalue weighted by molar-refractivity contribution is 0.104. The number of ether oxygens (including phenoxy) is 2. The van der Waals surface area contributed by atoms with Crippen LogP contribution in [0, 0.1) is 0 Å². The van der Waals surface area contributed by atoms with Crippen LogP contribution in [-0.2, 0) is 4.74 Å². The number of amides is 2. The van der Waals surface area contributed by atoms with Gasteiger partial charge in [-0.15, -0.1) is 11.6 Å². The second kappa shape index (κ2) is 8.20. The van der Waals surface area contributed by atoms with Gasteiger partial charge in [0.15, 0.2) is 0 Å². The Morgan fingerprint density at radius 3 is 2.53 bits per heavy atom. The number of urea groups is 1. The highest BCUT2D eigenvalue weighted by Crippen LogP contribution is 2.16. The van der Waals surface area contributed by atoms with Crippen molar-refractivity contribution in [3.8, 4) is 5.75 Å². The number of carbonyl (C=O) groups is 2. The first kappa shape index (κ1) is 15.1. The Morgan fingerprint density at radius 1 is 1.26 bits per heavy atom. The molecule has 0 aromatic heterocycles. The van der Waals surface area contributed by atoms with E-state index in [9.17, 15) is 9.59 Å². The van der Waals surface area contributed by atoms with Gasteiger partial charge in [0.25, 0.3) is 0 Å². The first-order chi connectivity index (χ1) is 9.15. The van der Waals surface area contributed by atoms with Crippen molar-refractivity contribution >= 4 is 29.5 Å². The quantitative estimate of drug-likeness (QED) is 0.495. The van der Waals surface area contributed by atoms with Crippen LogP contribution in [0.2, 0.25) is 0 Å². The summed E-state index contributed by atoms with van der Waals surface area (Å²) in [5.74, 6) is 0.685. The van der Waals surface area contributed by atoms with Gasteiger partial charge in [-0.2, -0.15) is 0 Å². The molecule has 0 aliphatic rings. The maximum Gasteiger partial charge on any atom is 0.513 e. The molecule has 6 nitrogen and oxygen atoms in total. The minimum Gasteiger partial charge on any atom is -0.434 e. The van der Waals surface area contributed by atoms with Crippen molar-refractivity contribution in [2.24, 2.45) is 0 Å². The Labute approximate surface area is 116 Å². The van der Waals surface area contributed by atoms with Crippen molar-refractivity contribution < 1.29 is 19.1 Å². The summed E-state index contributed by atoms with van der Waals surface area (Å²) >= 11 is 5.44. The molecule has 2 N–H and O–H groups in total. The molecular formula is C12H15ClN2O4. The van der Waals surface area contributed by atoms with Crippen LogP contribution in [-0.4, -0.2) is 31.2 Å². The summed E-state index contributed by atoms with van der Waals surface area (Å²) in [5.41, 5.74) is 0.572. The maximum atomic E-state index is 11.3. The van der Waals surface area contributed by atoms with Crippen molar-refractivity contribution in [2.75, 3.05) is 24.3 Å². The number of alkyl halides is 1. The van der Waals surface area contributed by atoms with E-state index in [0.29, 0.717) is 23.9 Å². The average Bonchev–Trinajstić information content (AvgIpc) is 2.39. The van der Waals surface area contributed by atoms with E-state index in [1.165, 1.54) is 0 Å². The summed E-state index contributed by atoms with van der Waals surface area (Å²) in [4.78, 5) is 22.4. The van der Waals surface area contributed by atoms with Crippen LogP contribution < -0.4 is 15.4 Å². The summed E-state index contributed by atoms with van der Waals surface area (Å²) in [6.07, 6.45) is -0.761. The zero-order valence-electron chi connectivity index (χ0n) is 10.4. The van der Waals surface area contributed by atoms with E-state index in [0.717, 1.165) is 0 Å². The molecular weight excluding hydrogens is 272 g/mol. The van der Waals surface area contributed by atoms with Gasteiger partial charge in [-0.3, -0.25) is 0 Å². The van der Waals surface area contributed by atoms with Crippen molar-refractivity contribution in [3.05, 3.63) is 24.3 Å². The Morgan fingerprint density at radius 2 is 1.95 bits per heavy atom. The Hall–Kier alpha value is -1.95. The monoisotopic (exact) mass is 286 g/mol. The fraction of sp³-hybridized carbons (Fsp3) is 0.333. The SMILES string of the molecule is CCOC(=O)Oc1ccc(NC(=O)NCCCl)cc1. The molecule has 0 heterocycles. The van der Waals surface area contributed by atoms with Gasteiger partial charge in [-0.1, -0.05) is 0 Å². The fourth-order valence-electron chi connectivity index (χ4n) is 1.19. The number of halogens is 1. The van der Waals surface area contributed by atoms with Gasteiger partial charge in [-0.05, 0) is 31.2 Å². The van der Waals surface area contributed by atoms with Gasteiger partial charge in [-0.25, -0.2) is 9.59 Å². The third-order valence-corrected chi connectivity index (χ3v) is 2.14. The third kappa shape index (κ3) is 5.96. The fourth-order valence-corrected chi connectivity index (χ4v) is 1.28. The van der Waals surface area contributed by atoms with Crippen molar-refractivity contribution in [3.63, 3.8) is 0 Å². The normalized spacial score (nSPS) is 9.58. The second-order valence-electron chi connectivity index (χ2n) is 3.38. The van der Waals surface area contributed by atoms with Gasteiger partial charge in [0, 0.05) is 18.1 Å². The van der Waals surface area contributed by atoms with Gasteiger partial charge < -0.3 is 20.1 Å². The highest BCUT2D eigenvalue weighted by atomic mass is 35.5. The molecule has 2 amide bonds. The van der Waals surface area contributed by atoms with Crippen LogP contribution in [0.5, 0.6) is 5.75 Å². The first-order valence-corrected chi connectivity index (χ1v) is 6.24. The average molecular weight is 287 g/mol. The van der Waals surface area contributed by atoms with Crippen LogP contribution in [0.25, 0.3) is 0 Å². The van der Waals surface area contributed by atoms with Crippen molar-refractivity contribution in [1.29, 1.82) is 0 Å². The highest BCUT2D eigenvalue weighted by Gasteiger charge is 2.05. The molecule has 0 saturated heterocycles. The Bertz CT molecular complexity index is 422. The van der Waals surface area contributed by atoms with E-state index in [4.69, 9.17) is 16.3 Å². The maximum absolute atomic E-state index is 11.3. The lowest BCUT2D eigenvalue weighted by Crippen LogP contribution is -2.30. The molecule has 0 fully saturated rings. The molecule has 0 radical (unpaired) electrons. The zero-order valence-corrected chi connectivity index (χ0v) is 11.2. The van der Waals surface area contributed by atoms with Gasteiger partial charge in [0.05, 0.1) is 6.61 Å². The number of hydrogen-bond acceptors (Lipinski definition) is 4. The van der Waals surface area contributed by atoms with Crippen LogP contribution in [0.3, 0.4) is 0 Å². The molecule has 1 aromatic carbocycles. The lowest BCUT2D eigenvalue weighted by Gasteiger charge is -2.07. The van der Waals surface area contributed by atoms with Crippen LogP contribution >= 0.6 is 11.6 Å². The lowest BCUT2D eigenvalue weighted by atomic mass is 10.3. The molecule has 0 bridgehead atoms. The number of nitrogens with one attached hydrogen (secondary N) is 2. The predicted octanol–water partition coefficient (Wildman–Crippen LogP) is 2.58. The summed E-state index contributed by atoms with van der Waals surface area (Å²) in [7, 11) is 0. The van der Waals surface area contributed by atoms with E-state index >= 15 is 0 Å². The van der Waals surface area contributed by atoms with Gasteiger partial charge in [0.1, 0.15) is 5.75 Å². The van der Waals surface area contributed by atoms with Gasteiger partial charge in [0.2, 0.25) is 0 Å². The third-order valence-electron chi connectivity index (χ3n) is 1.96. The molecule has 0 unspecified atom stereocenters. The molecule has 1 aromatic rings. The summed E-state index contributed by atoms with van der Waals surface area (Å²) < 4.78 is 9.50. The summed E-state index contributed by atoms with van der Waals surface area (Å²) in [6, 6.07) is 5.96. The molecule has 19 heavy (non-hydrogen) atoms. The van der Waals surface area contributed by atoms with Crippen LogP contribution in [0.15, 0.2) is 24.3 Å². The van der Waals surface area contributed by atoms with E-state index in [1.54, 1.807) is 31.2 Å². The van der Waals surface area contributed by atoms with E-state index < -0.39 is 6.16 Å². The highest BCUT2D eigenvalue weighted by molar-refractivity contribution is 6.18. The number of benzene rings is 1. The Balaban J connectivity index is 2.47. The molecule has 0 aliphatic carbocycles. The summed E-state index contributed by atoms with van der Waals surface area (Å²) in [6.45, 7) is 2.32. The van der Waals surface area contributed by atoms with E-state index in [2.05, 4.69) is 15.4 Å². The van der Waals surface area contributed by atoms with Crippen molar-refractivity contribution in [2.45, 2.75) is 6.92 Å². The summed E-state index contributed by atoms with van der Waals surface area (Å²) in [5, 5.41) is 5.16. The number of hydrogen-bond donors (Lipinski definition) is 2. The topological polar surface area (TPSA) is 76.7 Å². The van der Waals surface area contributed by atoms with Gasteiger partial charge >= 0.3 is 12.2 Å². The molecule has 0 saturated carbocycles. The molecule has 0 spiro atoms. The zero-order chi connectivity index (χ0) is 14.1. The van der Waals surface area contributed by atoms with Crippen LogP contribution in [0.1, 0.15) is 6.92 Å². The van der Waals surface area contributed by atoms with Crippen molar-refractivity contribution in [1.82, 2.24) is 5.32 Å². The molecule has 0 aliphatic heterocycles.